The van der Waals surface area contributed by atoms with Gasteiger partial charge in [-0.05, 0) is 49.4 Å². The van der Waals surface area contributed by atoms with Crippen LogP contribution in [0.25, 0.3) is 0 Å². The standard InChI is InChI=1S/C12H6Br2Cl2O2S/c13-6-1-2-19-12(6)10(17)5-18-11-4-8(15)7(14)3-9(11)16/h1-4H,5H2. The highest BCUT2D eigenvalue weighted by Crippen LogP contribution is 2.34. The molecule has 0 aliphatic heterocycles. The molecule has 1 heterocycles. The van der Waals surface area contributed by atoms with Crippen molar-refractivity contribution in [1.29, 1.82) is 0 Å². The van der Waals surface area contributed by atoms with Crippen LogP contribution in [-0.2, 0) is 0 Å². The summed E-state index contributed by atoms with van der Waals surface area (Å²) in [6, 6.07) is 5.02. The molecular formula is C12H6Br2Cl2O2S. The zero-order valence-electron chi connectivity index (χ0n) is 9.25. The summed E-state index contributed by atoms with van der Waals surface area (Å²) in [5, 5.41) is 2.71. The lowest BCUT2D eigenvalue weighted by Crippen LogP contribution is -2.10. The highest BCUT2D eigenvalue weighted by molar-refractivity contribution is 9.10. The first kappa shape index (κ1) is 15.3. The molecule has 100 valence electrons. The molecule has 1 aromatic carbocycles. The van der Waals surface area contributed by atoms with Crippen LogP contribution in [0, 0.1) is 0 Å². The van der Waals surface area contributed by atoms with Crippen molar-refractivity contribution in [1.82, 2.24) is 0 Å². The highest BCUT2D eigenvalue weighted by Gasteiger charge is 2.14. The van der Waals surface area contributed by atoms with Gasteiger partial charge in [-0.1, -0.05) is 23.2 Å². The van der Waals surface area contributed by atoms with E-state index in [4.69, 9.17) is 27.9 Å². The molecule has 0 spiro atoms. The maximum atomic E-state index is 11.9. The van der Waals surface area contributed by atoms with E-state index in [1.165, 1.54) is 11.3 Å². The SMILES string of the molecule is O=C(COc1cc(Cl)c(Br)cc1Cl)c1sccc1Br. The molecule has 19 heavy (non-hydrogen) atoms. The Morgan fingerprint density at radius 3 is 2.58 bits per heavy atom. The summed E-state index contributed by atoms with van der Waals surface area (Å²) in [6.07, 6.45) is 0. The van der Waals surface area contributed by atoms with E-state index >= 15 is 0 Å². The first-order chi connectivity index (χ1) is 8.99. The molecule has 7 heteroatoms. The van der Waals surface area contributed by atoms with Crippen molar-refractivity contribution < 1.29 is 9.53 Å². The van der Waals surface area contributed by atoms with Crippen LogP contribution < -0.4 is 4.74 Å². The van der Waals surface area contributed by atoms with Gasteiger partial charge in [-0.3, -0.25) is 4.79 Å². The molecule has 0 radical (unpaired) electrons. The van der Waals surface area contributed by atoms with Crippen molar-refractivity contribution in [2.45, 2.75) is 0 Å². The van der Waals surface area contributed by atoms with Crippen LogP contribution in [0.1, 0.15) is 9.67 Å². The van der Waals surface area contributed by atoms with E-state index in [-0.39, 0.29) is 12.4 Å². The lowest BCUT2D eigenvalue weighted by atomic mass is 10.3. The molecule has 0 aliphatic rings. The van der Waals surface area contributed by atoms with E-state index in [1.54, 1.807) is 12.1 Å². The lowest BCUT2D eigenvalue weighted by Gasteiger charge is -2.08. The monoisotopic (exact) mass is 442 g/mol. The van der Waals surface area contributed by atoms with E-state index in [0.717, 1.165) is 4.47 Å². The van der Waals surface area contributed by atoms with E-state index in [2.05, 4.69) is 31.9 Å². The predicted molar refractivity (Wildman–Crippen MR) is 86.0 cm³/mol. The van der Waals surface area contributed by atoms with Crippen molar-refractivity contribution in [3.05, 3.63) is 47.4 Å². The molecule has 0 bridgehead atoms. The van der Waals surface area contributed by atoms with Gasteiger partial charge in [0.15, 0.2) is 6.61 Å². The fraction of sp³-hybridized carbons (Fsp3) is 0.0833. The van der Waals surface area contributed by atoms with Gasteiger partial charge >= 0.3 is 0 Å². The summed E-state index contributed by atoms with van der Waals surface area (Å²) in [5.74, 6) is 0.271. The van der Waals surface area contributed by atoms with Crippen molar-refractivity contribution >= 4 is 72.2 Å². The largest absolute Gasteiger partial charge is 0.484 e. The molecule has 2 nitrogen and oxygen atoms in total. The maximum Gasteiger partial charge on any atom is 0.211 e. The third kappa shape index (κ3) is 3.73. The number of carbonyl (C=O) groups excluding carboxylic acids is 1. The molecule has 0 fully saturated rings. The Kier molecular flexibility index (Phi) is 5.31. The van der Waals surface area contributed by atoms with Gasteiger partial charge in [0.1, 0.15) is 5.75 Å². The van der Waals surface area contributed by atoms with Crippen LogP contribution >= 0.6 is 66.4 Å². The van der Waals surface area contributed by atoms with Gasteiger partial charge in [0.05, 0.1) is 14.9 Å². The van der Waals surface area contributed by atoms with Crippen molar-refractivity contribution in [2.24, 2.45) is 0 Å². The van der Waals surface area contributed by atoms with Gasteiger partial charge in [-0.2, -0.15) is 0 Å². The quantitative estimate of drug-likeness (QED) is 0.437. The summed E-state index contributed by atoms with van der Waals surface area (Å²) in [4.78, 5) is 12.6. The number of Topliss-reactive ketones (excluding diaryl/α,β-unsaturated/α-hetero) is 1. The average molecular weight is 445 g/mol. The molecule has 1 aromatic heterocycles. The van der Waals surface area contributed by atoms with E-state index in [9.17, 15) is 4.79 Å². The van der Waals surface area contributed by atoms with Gasteiger partial charge in [-0.25, -0.2) is 0 Å². The second-order valence-electron chi connectivity index (χ2n) is 3.51. The topological polar surface area (TPSA) is 26.3 Å². The van der Waals surface area contributed by atoms with Crippen molar-refractivity contribution in [3.63, 3.8) is 0 Å². The molecule has 2 aromatic rings. The van der Waals surface area contributed by atoms with Crippen LogP contribution in [0.5, 0.6) is 5.75 Å². The van der Waals surface area contributed by atoms with Crippen LogP contribution in [0.2, 0.25) is 10.0 Å². The third-order valence-electron chi connectivity index (χ3n) is 2.20. The normalized spacial score (nSPS) is 10.5. The van der Waals surface area contributed by atoms with Gasteiger partial charge < -0.3 is 4.74 Å². The van der Waals surface area contributed by atoms with Gasteiger partial charge in [0.25, 0.3) is 0 Å². The Balaban J connectivity index is 2.09. The van der Waals surface area contributed by atoms with Gasteiger partial charge in [0.2, 0.25) is 5.78 Å². The van der Waals surface area contributed by atoms with Crippen molar-refractivity contribution in [2.75, 3.05) is 6.61 Å². The van der Waals surface area contributed by atoms with E-state index in [1.807, 2.05) is 11.4 Å². The fourth-order valence-corrected chi connectivity index (χ4v) is 3.68. The lowest BCUT2D eigenvalue weighted by molar-refractivity contribution is 0.0925. The number of carbonyl (C=O) groups is 1. The van der Waals surface area contributed by atoms with Crippen LogP contribution in [0.15, 0.2) is 32.5 Å². The minimum absolute atomic E-state index is 0.0865. The maximum absolute atomic E-state index is 11.9. The summed E-state index contributed by atoms with van der Waals surface area (Å²) >= 11 is 19.9. The first-order valence-corrected chi connectivity index (χ1v) is 8.24. The number of benzene rings is 1. The number of hydrogen-bond acceptors (Lipinski definition) is 3. The Labute approximate surface area is 140 Å². The van der Waals surface area contributed by atoms with Crippen molar-refractivity contribution in [3.8, 4) is 5.75 Å². The Morgan fingerprint density at radius 1 is 1.21 bits per heavy atom. The summed E-state index contributed by atoms with van der Waals surface area (Å²) < 4.78 is 6.86. The Bertz CT molecular complexity index is 628. The number of hydrogen-bond donors (Lipinski definition) is 0. The summed E-state index contributed by atoms with van der Waals surface area (Å²) in [6.45, 7) is -0.0865. The second kappa shape index (κ2) is 6.59. The van der Waals surface area contributed by atoms with E-state index < -0.39 is 0 Å². The average Bonchev–Trinajstić information content (AvgIpc) is 2.78. The Hall–Kier alpha value is -0.0700. The summed E-state index contributed by atoms with van der Waals surface area (Å²) in [5.41, 5.74) is 0. The van der Waals surface area contributed by atoms with Crippen LogP contribution in [0.3, 0.4) is 0 Å². The third-order valence-corrected chi connectivity index (χ3v) is 5.58. The molecule has 0 amide bonds. The van der Waals surface area contributed by atoms with Gasteiger partial charge in [-0.15, -0.1) is 11.3 Å². The second-order valence-corrected chi connectivity index (χ2v) is 6.95. The number of halogens is 4. The molecule has 2 rings (SSSR count). The minimum Gasteiger partial charge on any atom is -0.484 e. The molecule has 0 unspecified atom stereocenters. The molecule has 0 saturated carbocycles. The minimum atomic E-state index is -0.114. The molecule has 0 aliphatic carbocycles. The molecule has 0 atom stereocenters. The summed E-state index contributed by atoms with van der Waals surface area (Å²) in [7, 11) is 0. The fourth-order valence-electron chi connectivity index (χ4n) is 1.32. The molecule has 0 saturated heterocycles. The number of thiophene rings is 1. The zero-order chi connectivity index (χ0) is 14.0. The number of ether oxygens (including phenoxy) is 1. The molecular weight excluding hydrogens is 439 g/mol. The van der Waals surface area contributed by atoms with E-state index in [0.29, 0.717) is 25.1 Å². The highest BCUT2D eigenvalue weighted by atomic mass is 79.9. The first-order valence-electron chi connectivity index (χ1n) is 5.02. The zero-order valence-corrected chi connectivity index (χ0v) is 14.8. The predicted octanol–water partition coefficient (Wildman–Crippen LogP) is 5.84. The smallest absolute Gasteiger partial charge is 0.211 e. The van der Waals surface area contributed by atoms with Crippen LogP contribution in [0.4, 0.5) is 0 Å². The van der Waals surface area contributed by atoms with Crippen LogP contribution in [-0.4, -0.2) is 12.4 Å². The Morgan fingerprint density at radius 2 is 1.95 bits per heavy atom. The number of ketones is 1. The molecule has 0 N–H and O–H groups in total. The number of rotatable bonds is 4. The van der Waals surface area contributed by atoms with Gasteiger partial charge in [0, 0.05) is 15.0 Å².